The van der Waals surface area contributed by atoms with Crippen LogP contribution in [0.5, 0.6) is 11.5 Å². The minimum Gasteiger partial charge on any atom is -0.457 e. The number of carbonyl (C=O) groups excluding carboxylic acids is 2. The molecule has 5 nitrogen and oxygen atoms in total. The van der Waals surface area contributed by atoms with Gasteiger partial charge in [-0.05, 0) is 61.0 Å². The van der Waals surface area contributed by atoms with Gasteiger partial charge < -0.3 is 10.1 Å². The van der Waals surface area contributed by atoms with Gasteiger partial charge in [-0.2, -0.15) is 0 Å². The Bertz CT molecular complexity index is 1080. The molecule has 0 spiro atoms. The van der Waals surface area contributed by atoms with Gasteiger partial charge in [-0.25, -0.2) is 18.5 Å². The summed E-state index contributed by atoms with van der Waals surface area (Å²) in [7, 11) is 0. The topological polar surface area (TPSA) is 58.6 Å². The lowest BCUT2D eigenvalue weighted by molar-refractivity contribution is -0.121. The van der Waals surface area contributed by atoms with E-state index in [9.17, 15) is 18.4 Å². The summed E-state index contributed by atoms with van der Waals surface area (Å²) in [5.41, 5.74) is -0.475. The molecule has 3 amide bonds. The second kappa shape index (κ2) is 7.01. The maximum atomic E-state index is 13.3. The molecule has 0 aromatic heterocycles. The van der Waals surface area contributed by atoms with Gasteiger partial charge >= 0.3 is 6.03 Å². The minimum absolute atomic E-state index is 0.330. The molecule has 1 N–H and O–H groups in total. The number of benzene rings is 3. The summed E-state index contributed by atoms with van der Waals surface area (Å²) in [6.45, 7) is 1.57. The standard InChI is InChI=1S/C22H16F2N2O3/c1-22(14-5-7-15(23)8-6-14)20(27)26(21(28)25-22)17-9-11-18(12-10-17)29-19-4-2-3-16(24)13-19/h2-13H,1H3,(H,25,28). The van der Waals surface area contributed by atoms with Crippen molar-refractivity contribution in [3.05, 3.63) is 90.0 Å². The highest BCUT2D eigenvalue weighted by molar-refractivity contribution is 6.23. The number of nitrogens with zero attached hydrogens (tertiary/aromatic N) is 1. The molecular formula is C22H16F2N2O3. The molecule has 1 fully saturated rings. The predicted octanol–water partition coefficient (Wildman–Crippen LogP) is 4.73. The molecule has 1 saturated heterocycles. The molecule has 3 aromatic rings. The summed E-state index contributed by atoms with van der Waals surface area (Å²) < 4.78 is 32.1. The van der Waals surface area contributed by atoms with Crippen LogP contribution in [-0.4, -0.2) is 11.9 Å². The van der Waals surface area contributed by atoms with Crippen molar-refractivity contribution in [2.45, 2.75) is 12.5 Å². The van der Waals surface area contributed by atoms with Crippen LogP contribution in [0.4, 0.5) is 19.3 Å². The largest absolute Gasteiger partial charge is 0.457 e. The first-order chi connectivity index (χ1) is 13.9. The van der Waals surface area contributed by atoms with Crippen molar-refractivity contribution >= 4 is 17.6 Å². The van der Waals surface area contributed by atoms with E-state index in [1.807, 2.05) is 0 Å². The summed E-state index contributed by atoms with van der Waals surface area (Å²) in [6.07, 6.45) is 0. The van der Waals surface area contributed by atoms with E-state index in [-0.39, 0.29) is 0 Å². The van der Waals surface area contributed by atoms with Crippen molar-refractivity contribution in [2.24, 2.45) is 0 Å². The van der Waals surface area contributed by atoms with Crippen LogP contribution in [0.2, 0.25) is 0 Å². The van der Waals surface area contributed by atoms with Crippen molar-refractivity contribution < 1.29 is 23.1 Å². The number of amides is 3. The van der Waals surface area contributed by atoms with Crippen molar-refractivity contribution in [1.82, 2.24) is 5.32 Å². The molecule has 0 saturated carbocycles. The highest BCUT2D eigenvalue weighted by atomic mass is 19.1. The first kappa shape index (κ1) is 18.6. The number of anilines is 1. The van der Waals surface area contributed by atoms with Gasteiger partial charge in [0.2, 0.25) is 0 Å². The Hall–Kier alpha value is -3.74. The van der Waals surface area contributed by atoms with Crippen LogP contribution < -0.4 is 15.0 Å². The smallest absolute Gasteiger partial charge is 0.329 e. The predicted molar refractivity (Wildman–Crippen MR) is 103 cm³/mol. The van der Waals surface area contributed by atoms with Crippen molar-refractivity contribution in [3.8, 4) is 11.5 Å². The van der Waals surface area contributed by atoms with E-state index < -0.39 is 29.1 Å². The lowest BCUT2D eigenvalue weighted by atomic mass is 9.92. The number of hydrogen-bond acceptors (Lipinski definition) is 3. The lowest BCUT2D eigenvalue weighted by Crippen LogP contribution is -2.40. The second-order valence-electron chi connectivity index (χ2n) is 6.76. The Balaban J connectivity index is 1.57. The zero-order chi connectivity index (χ0) is 20.6. The Morgan fingerprint density at radius 1 is 0.862 bits per heavy atom. The Morgan fingerprint density at radius 2 is 1.55 bits per heavy atom. The van der Waals surface area contributed by atoms with Crippen molar-refractivity contribution in [2.75, 3.05) is 4.90 Å². The molecule has 146 valence electrons. The van der Waals surface area contributed by atoms with Crippen LogP contribution in [0.1, 0.15) is 12.5 Å². The van der Waals surface area contributed by atoms with Crippen LogP contribution in [-0.2, 0) is 10.3 Å². The van der Waals surface area contributed by atoms with Crippen LogP contribution in [0.15, 0.2) is 72.8 Å². The van der Waals surface area contributed by atoms with Gasteiger partial charge in [0.1, 0.15) is 28.7 Å². The first-order valence-corrected chi connectivity index (χ1v) is 8.83. The summed E-state index contributed by atoms with van der Waals surface area (Å²) in [4.78, 5) is 26.5. The van der Waals surface area contributed by atoms with E-state index in [2.05, 4.69) is 5.32 Å². The molecule has 1 aliphatic heterocycles. The summed E-state index contributed by atoms with van der Waals surface area (Å²) in [5, 5.41) is 2.67. The summed E-state index contributed by atoms with van der Waals surface area (Å²) in [6, 6.07) is 16.8. The van der Waals surface area contributed by atoms with Gasteiger partial charge in [0.05, 0.1) is 5.69 Å². The fourth-order valence-corrected chi connectivity index (χ4v) is 3.18. The number of ether oxygens (including phenoxy) is 1. The van der Waals surface area contributed by atoms with Crippen LogP contribution in [0, 0.1) is 11.6 Å². The maximum Gasteiger partial charge on any atom is 0.329 e. The SMILES string of the molecule is CC1(c2ccc(F)cc2)NC(=O)N(c2ccc(Oc3cccc(F)c3)cc2)C1=O. The van der Waals surface area contributed by atoms with Gasteiger partial charge in [0, 0.05) is 6.07 Å². The number of urea groups is 1. The van der Waals surface area contributed by atoms with Crippen LogP contribution in [0.25, 0.3) is 0 Å². The Kier molecular flexibility index (Phi) is 4.50. The molecule has 1 atom stereocenters. The number of carbonyl (C=O) groups is 2. The van der Waals surface area contributed by atoms with Gasteiger partial charge in [-0.15, -0.1) is 0 Å². The van der Waals surface area contributed by atoms with E-state index in [0.717, 1.165) is 4.90 Å². The third kappa shape index (κ3) is 3.42. The highest BCUT2D eigenvalue weighted by Gasteiger charge is 2.49. The number of nitrogens with one attached hydrogen (secondary N) is 1. The molecule has 29 heavy (non-hydrogen) atoms. The van der Waals surface area contributed by atoms with E-state index >= 15 is 0 Å². The average Bonchev–Trinajstić information content (AvgIpc) is 2.92. The second-order valence-corrected chi connectivity index (χ2v) is 6.76. The monoisotopic (exact) mass is 394 g/mol. The molecule has 4 rings (SSSR count). The highest BCUT2D eigenvalue weighted by Crippen LogP contribution is 2.33. The van der Waals surface area contributed by atoms with Crippen LogP contribution in [0.3, 0.4) is 0 Å². The number of hydrogen-bond donors (Lipinski definition) is 1. The number of halogens is 2. The molecule has 0 bridgehead atoms. The van der Waals surface area contributed by atoms with Gasteiger partial charge in [-0.1, -0.05) is 18.2 Å². The molecular weight excluding hydrogens is 378 g/mol. The molecule has 3 aromatic carbocycles. The molecule has 1 unspecified atom stereocenters. The van der Waals surface area contributed by atoms with Crippen LogP contribution >= 0.6 is 0 Å². The van der Waals surface area contributed by atoms with Gasteiger partial charge in [0.15, 0.2) is 0 Å². The molecule has 0 aliphatic carbocycles. The van der Waals surface area contributed by atoms with Gasteiger partial charge in [0.25, 0.3) is 5.91 Å². The third-order valence-corrected chi connectivity index (χ3v) is 4.74. The zero-order valence-corrected chi connectivity index (χ0v) is 15.4. The number of imide groups is 1. The third-order valence-electron chi connectivity index (χ3n) is 4.74. The lowest BCUT2D eigenvalue weighted by Gasteiger charge is -2.22. The normalized spacial score (nSPS) is 18.7. The minimum atomic E-state index is -1.30. The Morgan fingerprint density at radius 3 is 2.21 bits per heavy atom. The Labute approximate surface area is 165 Å². The molecule has 0 radical (unpaired) electrons. The first-order valence-electron chi connectivity index (χ1n) is 8.83. The van der Waals surface area contributed by atoms with E-state index in [1.54, 1.807) is 37.3 Å². The molecule has 1 aliphatic rings. The molecule has 7 heteroatoms. The zero-order valence-electron chi connectivity index (χ0n) is 15.4. The van der Waals surface area contributed by atoms with Crippen molar-refractivity contribution in [1.29, 1.82) is 0 Å². The quantitative estimate of drug-likeness (QED) is 0.651. The molecule has 1 heterocycles. The fourth-order valence-electron chi connectivity index (χ4n) is 3.18. The van der Waals surface area contributed by atoms with Gasteiger partial charge in [-0.3, -0.25) is 4.79 Å². The number of rotatable bonds is 4. The fraction of sp³-hybridized carbons (Fsp3) is 0.0909. The summed E-state index contributed by atoms with van der Waals surface area (Å²) >= 11 is 0. The maximum absolute atomic E-state index is 13.3. The average molecular weight is 394 g/mol. The van der Waals surface area contributed by atoms with E-state index in [1.165, 1.54) is 42.5 Å². The van der Waals surface area contributed by atoms with E-state index in [0.29, 0.717) is 22.7 Å². The van der Waals surface area contributed by atoms with E-state index in [4.69, 9.17) is 4.74 Å². The summed E-state index contributed by atoms with van der Waals surface area (Å²) in [5.74, 6) is -0.573. The van der Waals surface area contributed by atoms with Crippen molar-refractivity contribution in [3.63, 3.8) is 0 Å².